The molecule has 1 aromatic heterocycles. The SMILES string of the molecule is CCc1cccc(OCc2c(Cl)cc(Cl)c(=O)n2CCc2ccc(C3=NOS(=O)N3)cc2)c1. The molecule has 172 valence electrons. The molecule has 1 N–H and O–H groups in total. The fourth-order valence-electron chi connectivity index (χ4n) is 3.40. The number of ether oxygens (including phenoxy) is 1. The molecule has 0 fully saturated rings. The summed E-state index contributed by atoms with van der Waals surface area (Å²) in [6.07, 6.45) is 1.47. The maximum atomic E-state index is 12.8. The molecular weight excluding hydrogens is 485 g/mol. The van der Waals surface area contributed by atoms with Crippen molar-refractivity contribution in [3.8, 4) is 5.75 Å². The first kappa shape index (κ1) is 23.4. The molecule has 1 aliphatic rings. The molecule has 0 bridgehead atoms. The minimum Gasteiger partial charge on any atom is -0.487 e. The quantitative estimate of drug-likeness (QED) is 0.491. The third-order valence-corrected chi connectivity index (χ3v) is 6.38. The third kappa shape index (κ3) is 5.58. The van der Waals surface area contributed by atoms with Crippen molar-refractivity contribution in [2.75, 3.05) is 0 Å². The molecule has 3 aromatic rings. The van der Waals surface area contributed by atoms with Crippen molar-refractivity contribution in [1.82, 2.24) is 9.29 Å². The highest BCUT2D eigenvalue weighted by Gasteiger charge is 2.17. The molecule has 2 aromatic carbocycles. The molecule has 0 radical (unpaired) electrons. The van der Waals surface area contributed by atoms with Gasteiger partial charge in [0.05, 0.1) is 10.7 Å². The first-order valence-corrected chi connectivity index (χ1v) is 12.1. The summed E-state index contributed by atoms with van der Waals surface area (Å²) in [6, 6.07) is 16.8. The van der Waals surface area contributed by atoms with Crippen LogP contribution in [0.15, 0.2) is 64.5 Å². The predicted octanol–water partition coefficient (Wildman–Crippen LogP) is 4.40. The van der Waals surface area contributed by atoms with Gasteiger partial charge in [-0.15, -0.1) is 0 Å². The van der Waals surface area contributed by atoms with Gasteiger partial charge in [0.1, 0.15) is 17.4 Å². The third-order valence-electron chi connectivity index (χ3n) is 5.21. The Bertz CT molecular complexity index is 1280. The van der Waals surface area contributed by atoms with Gasteiger partial charge >= 0.3 is 11.3 Å². The standard InChI is InChI=1S/C23H21Cl2N3O4S/c1-2-15-4-3-5-18(12-15)31-14-21-19(24)13-20(25)23(29)28(21)11-10-16-6-8-17(9-7-16)22-26-32-33(30)27-22/h3-9,12-13H,2,10-11,14H2,1H3,(H,26,27). The number of benzene rings is 2. The highest BCUT2D eigenvalue weighted by atomic mass is 35.5. The molecule has 1 atom stereocenters. The van der Waals surface area contributed by atoms with Crippen LogP contribution in [0, 0.1) is 0 Å². The average Bonchev–Trinajstić information content (AvgIpc) is 3.26. The van der Waals surface area contributed by atoms with Gasteiger partial charge in [0, 0.05) is 12.1 Å². The van der Waals surface area contributed by atoms with E-state index in [4.69, 9.17) is 27.9 Å². The van der Waals surface area contributed by atoms with E-state index in [9.17, 15) is 9.00 Å². The van der Waals surface area contributed by atoms with Gasteiger partial charge in [-0.3, -0.25) is 13.8 Å². The second kappa shape index (κ2) is 10.4. The minimum absolute atomic E-state index is 0.0606. The van der Waals surface area contributed by atoms with E-state index in [0.717, 1.165) is 23.1 Å². The molecule has 2 heterocycles. The first-order chi connectivity index (χ1) is 15.9. The number of hydrogen-bond acceptors (Lipinski definition) is 5. The van der Waals surface area contributed by atoms with Crippen LogP contribution < -0.4 is 15.0 Å². The number of rotatable bonds is 8. The number of hydrogen-bond donors (Lipinski definition) is 1. The largest absolute Gasteiger partial charge is 0.487 e. The van der Waals surface area contributed by atoms with Gasteiger partial charge in [0.2, 0.25) is 0 Å². The van der Waals surface area contributed by atoms with Crippen LogP contribution in [-0.4, -0.2) is 14.6 Å². The van der Waals surface area contributed by atoms with E-state index in [1.165, 1.54) is 6.07 Å². The van der Waals surface area contributed by atoms with Crippen molar-refractivity contribution in [2.45, 2.75) is 32.9 Å². The van der Waals surface area contributed by atoms with Crippen LogP contribution >= 0.6 is 23.2 Å². The lowest BCUT2D eigenvalue weighted by Crippen LogP contribution is -2.26. The number of oxime groups is 1. The molecule has 0 saturated carbocycles. The van der Waals surface area contributed by atoms with E-state index in [2.05, 4.69) is 21.1 Å². The van der Waals surface area contributed by atoms with Gasteiger partial charge in [0.25, 0.3) is 5.56 Å². The van der Waals surface area contributed by atoms with Crippen molar-refractivity contribution >= 4 is 40.3 Å². The van der Waals surface area contributed by atoms with Crippen LogP contribution in [0.2, 0.25) is 10.0 Å². The predicted molar refractivity (Wildman–Crippen MR) is 130 cm³/mol. The van der Waals surface area contributed by atoms with Gasteiger partial charge in [0.15, 0.2) is 5.84 Å². The molecule has 4 rings (SSSR count). The maximum absolute atomic E-state index is 12.8. The van der Waals surface area contributed by atoms with Gasteiger partial charge in [-0.2, -0.15) is 4.21 Å². The van der Waals surface area contributed by atoms with Crippen molar-refractivity contribution in [3.63, 3.8) is 0 Å². The summed E-state index contributed by atoms with van der Waals surface area (Å²) < 4.78 is 26.0. The number of amidine groups is 1. The number of nitrogens with zero attached hydrogens (tertiary/aromatic N) is 2. The Labute approximate surface area is 203 Å². The van der Waals surface area contributed by atoms with E-state index < -0.39 is 11.3 Å². The molecular formula is C23H21Cl2N3O4S. The number of nitrogens with one attached hydrogen (secondary N) is 1. The fraction of sp³-hybridized carbons (Fsp3) is 0.217. The summed E-state index contributed by atoms with van der Waals surface area (Å²) in [7, 11) is 0. The zero-order valence-electron chi connectivity index (χ0n) is 17.7. The molecule has 10 heteroatoms. The smallest absolute Gasteiger partial charge is 0.338 e. The van der Waals surface area contributed by atoms with Crippen LogP contribution in [0.4, 0.5) is 0 Å². The van der Waals surface area contributed by atoms with Crippen molar-refractivity contribution in [3.05, 3.63) is 97.4 Å². The van der Waals surface area contributed by atoms with Gasteiger partial charge in [-0.25, -0.2) is 0 Å². The highest BCUT2D eigenvalue weighted by Crippen LogP contribution is 2.22. The fourth-order valence-corrected chi connectivity index (χ4v) is 4.42. The summed E-state index contributed by atoms with van der Waals surface area (Å²) in [5, 5.41) is 4.16. The van der Waals surface area contributed by atoms with Crippen LogP contribution in [0.1, 0.15) is 29.3 Å². The first-order valence-electron chi connectivity index (χ1n) is 10.3. The van der Waals surface area contributed by atoms with E-state index >= 15 is 0 Å². The molecule has 0 spiro atoms. The second-order valence-corrected chi connectivity index (χ2v) is 8.97. The van der Waals surface area contributed by atoms with Crippen LogP contribution in [0.25, 0.3) is 0 Å². The van der Waals surface area contributed by atoms with Crippen molar-refractivity contribution in [1.29, 1.82) is 0 Å². The van der Waals surface area contributed by atoms with Crippen LogP contribution in [0.5, 0.6) is 5.75 Å². The Kier molecular flexibility index (Phi) is 7.37. The second-order valence-electron chi connectivity index (χ2n) is 7.33. The zero-order valence-corrected chi connectivity index (χ0v) is 20.0. The van der Waals surface area contributed by atoms with Gasteiger partial charge < -0.3 is 9.30 Å². The number of aromatic nitrogens is 1. The number of halogens is 2. The normalized spacial score (nSPS) is 15.0. The van der Waals surface area contributed by atoms with Crippen molar-refractivity contribution < 1.29 is 13.2 Å². The lowest BCUT2D eigenvalue weighted by molar-refractivity contribution is 0.292. The monoisotopic (exact) mass is 505 g/mol. The van der Waals surface area contributed by atoms with Gasteiger partial charge in [-0.05, 0) is 47.3 Å². The molecule has 1 unspecified atom stereocenters. The Balaban J connectivity index is 1.50. The average molecular weight is 506 g/mol. The maximum Gasteiger partial charge on any atom is 0.338 e. The van der Waals surface area contributed by atoms with Crippen molar-refractivity contribution in [2.24, 2.45) is 5.16 Å². The van der Waals surface area contributed by atoms with E-state index in [1.54, 1.807) is 4.57 Å². The molecule has 1 aliphatic heterocycles. The lowest BCUT2D eigenvalue weighted by Gasteiger charge is -2.16. The minimum atomic E-state index is -1.64. The van der Waals surface area contributed by atoms with Crippen LogP contribution in [-0.2, 0) is 41.5 Å². The summed E-state index contributed by atoms with van der Waals surface area (Å²) in [6.45, 7) is 2.59. The van der Waals surface area contributed by atoms with Crippen LogP contribution in [0.3, 0.4) is 0 Å². The Morgan fingerprint density at radius 3 is 2.58 bits per heavy atom. The number of aryl methyl sites for hydroxylation is 2. The molecule has 0 amide bonds. The topological polar surface area (TPSA) is 81.9 Å². The Morgan fingerprint density at radius 2 is 1.88 bits per heavy atom. The molecule has 33 heavy (non-hydrogen) atoms. The summed E-state index contributed by atoms with van der Waals surface area (Å²) >= 11 is 10.9. The van der Waals surface area contributed by atoms with Gasteiger partial charge in [-0.1, -0.05) is 66.5 Å². The molecule has 7 nitrogen and oxygen atoms in total. The summed E-state index contributed by atoms with van der Waals surface area (Å²) in [5.41, 5.74) is 3.14. The zero-order chi connectivity index (χ0) is 23.4. The summed E-state index contributed by atoms with van der Waals surface area (Å²) in [4.78, 5) is 12.8. The Hall–Kier alpha value is -2.81. The molecule has 0 saturated heterocycles. The van der Waals surface area contributed by atoms with E-state index in [0.29, 0.717) is 35.3 Å². The highest BCUT2D eigenvalue weighted by molar-refractivity contribution is 7.79. The summed E-state index contributed by atoms with van der Waals surface area (Å²) in [5.74, 6) is 1.12. The van der Waals surface area contributed by atoms with E-state index in [-0.39, 0.29) is 17.2 Å². The Morgan fingerprint density at radius 1 is 1.09 bits per heavy atom. The van der Waals surface area contributed by atoms with E-state index in [1.807, 2.05) is 48.5 Å². The number of pyridine rings is 1. The molecule has 0 aliphatic carbocycles. The lowest BCUT2D eigenvalue weighted by atomic mass is 10.1.